The smallest absolute Gasteiger partial charge is 0.240 e. The van der Waals surface area contributed by atoms with Crippen LogP contribution in [0, 0.1) is 0 Å². The molecule has 168 valence electrons. The third-order valence-electron chi connectivity index (χ3n) is 5.45. The van der Waals surface area contributed by atoms with Gasteiger partial charge in [-0.05, 0) is 53.6 Å². The highest BCUT2D eigenvalue weighted by Crippen LogP contribution is 2.23. The van der Waals surface area contributed by atoms with E-state index in [0.717, 1.165) is 40.8 Å². The number of aryl methyl sites for hydroxylation is 3. The van der Waals surface area contributed by atoms with Gasteiger partial charge in [-0.15, -0.1) is 0 Å². The number of hydrogen-bond donors (Lipinski definition) is 2. The van der Waals surface area contributed by atoms with Crippen molar-refractivity contribution in [3.8, 4) is 0 Å². The Morgan fingerprint density at radius 3 is 2.00 bits per heavy atom. The summed E-state index contributed by atoms with van der Waals surface area (Å²) < 4.78 is 27.7. The molecular formula is C26H30N2O3S. The fraction of sp³-hybridized carbons (Fsp3) is 0.269. The molecule has 0 aliphatic carbocycles. The van der Waals surface area contributed by atoms with E-state index in [2.05, 4.69) is 23.9 Å². The van der Waals surface area contributed by atoms with E-state index >= 15 is 0 Å². The normalized spacial score (nSPS) is 11.3. The van der Waals surface area contributed by atoms with Gasteiger partial charge in [-0.1, -0.05) is 74.5 Å². The van der Waals surface area contributed by atoms with Crippen LogP contribution in [-0.2, 0) is 40.6 Å². The molecule has 1 amide bonds. The van der Waals surface area contributed by atoms with Gasteiger partial charge in [0.15, 0.2) is 0 Å². The topological polar surface area (TPSA) is 75.3 Å². The molecule has 0 spiro atoms. The highest BCUT2D eigenvalue weighted by Gasteiger charge is 2.14. The van der Waals surface area contributed by atoms with Gasteiger partial charge in [-0.2, -0.15) is 0 Å². The van der Waals surface area contributed by atoms with Crippen molar-refractivity contribution in [2.24, 2.45) is 0 Å². The number of nitrogens with one attached hydrogen (secondary N) is 2. The van der Waals surface area contributed by atoms with Crippen LogP contribution in [-0.4, -0.2) is 14.3 Å². The summed E-state index contributed by atoms with van der Waals surface area (Å²) in [5.41, 5.74) is 5.01. The van der Waals surface area contributed by atoms with E-state index in [0.29, 0.717) is 12.8 Å². The quantitative estimate of drug-likeness (QED) is 0.463. The Balaban J connectivity index is 1.57. The molecular weight excluding hydrogens is 420 g/mol. The van der Waals surface area contributed by atoms with Crippen LogP contribution in [0.5, 0.6) is 0 Å². The fourth-order valence-corrected chi connectivity index (χ4v) is 4.57. The standard InChI is InChI=1S/C26H30N2O3S/c1-3-22-11-8-12-23(4-2)26(22)28-25(29)18-15-20-13-16-24(17-14-20)32(30,31)27-19-21-9-6-5-7-10-21/h5-14,16-17,27H,3-4,15,18-19H2,1-2H3,(H,28,29). The highest BCUT2D eigenvalue weighted by molar-refractivity contribution is 7.89. The fourth-order valence-electron chi connectivity index (χ4n) is 3.56. The highest BCUT2D eigenvalue weighted by atomic mass is 32.2. The SMILES string of the molecule is CCc1cccc(CC)c1NC(=O)CCc1ccc(S(=O)(=O)NCc2ccccc2)cc1. The van der Waals surface area contributed by atoms with Crippen LogP contribution < -0.4 is 10.0 Å². The Morgan fingerprint density at radius 1 is 0.781 bits per heavy atom. The molecule has 3 aromatic carbocycles. The number of carbonyl (C=O) groups is 1. The van der Waals surface area contributed by atoms with Crippen molar-refractivity contribution in [1.29, 1.82) is 0 Å². The second-order valence-corrected chi connectivity index (χ2v) is 9.43. The molecule has 0 fully saturated rings. The van der Waals surface area contributed by atoms with Crippen molar-refractivity contribution in [2.75, 3.05) is 5.32 Å². The average Bonchev–Trinajstić information content (AvgIpc) is 2.82. The van der Waals surface area contributed by atoms with Crippen molar-refractivity contribution < 1.29 is 13.2 Å². The summed E-state index contributed by atoms with van der Waals surface area (Å²) in [5, 5.41) is 3.07. The molecule has 0 bridgehead atoms. The van der Waals surface area contributed by atoms with E-state index in [1.54, 1.807) is 24.3 Å². The molecule has 3 aromatic rings. The molecule has 0 heterocycles. The van der Waals surface area contributed by atoms with Crippen LogP contribution in [0.2, 0.25) is 0 Å². The van der Waals surface area contributed by atoms with Gasteiger partial charge in [0.05, 0.1) is 4.90 Å². The molecule has 2 N–H and O–H groups in total. The van der Waals surface area contributed by atoms with Crippen LogP contribution >= 0.6 is 0 Å². The molecule has 0 radical (unpaired) electrons. The molecule has 0 aromatic heterocycles. The lowest BCUT2D eigenvalue weighted by Gasteiger charge is -2.14. The number of anilines is 1. The monoisotopic (exact) mass is 450 g/mol. The van der Waals surface area contributed by atoms with Crippen LogP contribution in [0.1, 0.15) is 42.5 Å². The van der Waals surface area contributed by atoms with Crippen molar-refractivity contribution in [3.05, 3.63) is 95.1 Å². The second-order valence-electron chi connectivity index (χ2n) is 7.66. The molecule has 0 saturated carbocycles. The molecule has 3 rings (SSSR count). The van der Waals surface area contributed by atoms with E-state index in [1.165, 1.54) is 0 Å². The summed E-state index contributed by atoms with van der Waals surface area (Å²) in [6, 6.07) is 22.2. The molecule has 0 aliphatic heterocycles. The molecule has 32 heavy (non-hydrogen) atoms. The summed E-state index contributed by atoms with van der Waals surface area (Å²) in [5.74, 6) is -0.0400. The van der Waals surface area contributed by atoms with E-state index in [4.69, 9.17) is 0 Å². The molecule has 0 aliphatic rings. The number of sulfonamides is 1. The van der Waals surface area contributed by atoms with Crippen LogP contribution in [0.3, 0.4) is 0 Å². The number of carbonyl (C=O) groups excluding carboxylic acids is 1. The van der Waals surface area contributed by atoms with Gasteiger partial charge in [0.1, 0.15) is 0 Å². The first-order chi connectivity index (χ1) is 15.4. The summed E-state index contributed by atoms with van der Waals surface area (Å²) in [4.78, 5) is 12.8. The summed E-state index contributed by atoms with van der Waals surface area (Å²) in [6.45, 7) is 4.40. The van der Waals surface area contributed by atoms with Gasteiger partial charge < -0.3 is 5.32 Å². The lowest BCUT2D eigenvalue weighted by Crippen LogP contribution is -2.23. The Labute approximate surface area is 190 Å². The largest absolute Gasteiger partial charge is 0.326 e. The average molecular weight is 451 g/mol. The van der Waals surface area contributed by atoms with Gasteiger partial charge in [0.25, 0.3) is 0 Å². The molecule has 0 saturated heterocycles. The maximum Gasteiger partial charge on any atom is 0.240 e. The van der Waals surface area contributed by atoms with E-state index in [-0.39, 0.29) is 17.3 Å². The van der Waals surface area contributed by atoms with Crippen LogP contribution in [0.25, 0.3) is 0 Å². The maximum atomic E-state index is 12.6. The lowest BCUT2D eigenvalue weighted by molar-refractivity contribution is -0.116. The number of para-hydroxylation sites is 1. The number of rotatable bonds is 10. The van der Waals surface area contributed by atoms with Gasteiger partial charge in [0, 0.05) is 18.7 Å². The van der Waals surface area contributed by atoms with E-state index in [9.17, 15) is 13.2 Å². The first-order valence-corrected chi connectivity index (χ1v) is 12.4. The minimum absolute atomic E-state index is 0.0400. The van der Waals surface area contributed by atoms with Crippen molar-refractivity contribution in [2.45, 2.75) is 51.0 Å². The van der Waals surface area contributed by atoms with E-state index < -0.39 is 10.0 Å². The predicted molar refractivity (Wildman–Crippen MR) is 129 cm³/mol. The third kappa shape index (κ3) is 6.28. The lowest BCUT2D eigenvalue weighted by atomic mass is 10.0. The minimum atomic E-state index is -3.59. The predicted octanol–water partition coefficient (Wildman–Crippen LogP) is 4.86. The number of amides is 1. The third-order valence-corrected chi connectivity index (χ3v) is 6.86. The zero-order valence-corrected chi connectivity index (χ0v) is 19.4. The Kier molecular flexibility index (Phi) is 8.20. The van der Waals surface area contributed by atoms with Crippen molar-refractivity contribution in [3.63, 3.8) is 0 Å². The summed E-state index contributed by atoms with van der Waals surface area (Å²) in [6.07, 6.45) is 2.59. The van der Waals surface area contributed by atoms with Crippen molar-refractivity contribution in [1.82, 2.24) is 4.72 Å². The molecule has 6 heteroatoms. The van der Waals surface area contributed by atoms with Crippen LogP contribution in [0.4, 0.5) is 5.69 Å². The molecule has 0 atom stereocenters. The first kappa shape index (κ1) is 23.7. The van der Waals surface area contributed by atoms with Gasteiger partial charge >= 0.3 is 0 Å². The minimum Gasteiger partial charge on any atom is -0.326 e. The second kappa shape index (κ2) is 11.1. The van der Waals surface area contributed by atoms with Gasteiger partial charge in [-0.3, -0.25) is 4.79 Å². The first-order valence-electron chi connectivity index (χ1n) is 11.0. The molecule has 5 nitrogen and oxygen atoms in total. The Morgan fingerprint density at radius 2 is 1.41 bits per heavy atom. The number of hydrogen-bond acceptors (Lipinski definition) is 3. The van der Waals surface area contributed by atoms with Crippen molar-refractivity contribution >= 4 is 21.6 Å². The van der Waals surface area contributed by atoms with Gasteiger partial charge in [-0.25, -0.2) is 13.1 Å². The Bertz CT molecular complexity index is 1120. The summed E-state index contributed by atoms with van der Waals surface area (Å²) in [7, 11) is -3.59. The Hall–Kier alpha value is -2.96. The van der Waals surface area contributed by atoms with E-state index in [1.807, 2.05) is 48.5 Å². The van der Waals surface area contributed by atoms with Gasteiger partial charge in [0.2, 0.25) is 15.9 Å². The zero-order chi connectivity index (χ0) is 23.0. The molecule has 0 unspecified atom stereocenters. The maximum absolute atomic E-state index is 12.6. The summed E-state index contributed by atoms with van der Waals surface area (Å²) >= 11 is 0. The number of benzene rings is 3. The van der Waals surface area contributed by atoms with Crippen LogP contribution in [0.15, 0.2) is 77.7 Å². The zero-order valence-electron chi connectivity index (χ0n) is 18.6.